The van der Waals surface area contributed by atoms with Crippen molar-refractivity contribution in [2.24, 2.45) is 0 Å². The molecule has 2 aromatic rings. The lowest BCUT2D eigenvalue weighted by molar-refractivity contribution is -0.141. The van der Waals surface area contributed by atoms with Gasteiger partial charge in [0.05, 0.1) is 17.0 Å². The Labute approximate surface area is 160 Å². The monoisotopic (exact) mass is 394 g/mol. The minimum atomic E-state index is -4.58. The predicted molar refractivity (Wildman–Crippen MR) is 95.4 cm³/mol. The number of nitrogens with one attached hydrogen (secondary N) is 1. The Kier molecular flexibility index (Phi) is 5.93. The van der Waals surface area contributed by atoms with Crippen LogP contribution in [0.5, 0.6) is 5.88 Å². The van der Waals surface area contributed by atoms with Crippen molar-refractivity contribution in [3.05, 3.63) is 46.7 Å². The van der Waals surface area contributed by atoms with Gasteiger partial charge in [-0.1, -0.05) is 6.07 Å². The van der Waals surface area contributed by atoms with Crippen molar-refractivity contribution in [2.45, 2.75) is 38.8 Å². The van der Waals surface area contributed by atoms with Crippen LogP contribution in [-0.2, 0) is 6.18 Å². The zero-order valence-electron chi connectivity index (χ0n) is 15.6. The summed E-state index contributed by atoms with van der Waals surface area (Å²) >= 11 is 0. The molecule has 0 atom stereocenters. The number of pyridine rings is 1. The molecule has 0 saturated carbocycles. The number of hydrogen-bond acceptors (Lipinski definition) is 6. The van der Waals surface area contributed by atoms with Crippen LogP contribution >= 0.6 is 0 Å². The number of alkyl halides is 3. The van der Waals surface area contributed by atoms with E-state index in [4.69, 9.17) is 4.74 Å². The average Bonchev–Trinajstić information content (AvgIpc) is 2.66. The molecule has 1 aliphatic rings. The van der Waals surface area contributed by atoms with E-state index in [0.717, 1.165) is 32.0 Å². The third-order valence-corrected chi connectivity index (χ3v) is 4.60. The number of aromatic nitrogens is 3. The fourth-order valence-electron chi connectivity index (χ4n) is 3.34. The highest BCUT2D eigenvalue weighted by molar-refractivity contribution is 5.99. The standard InChI is InChI=1S/C19H21F3N4O2/c1-11-17(18(25-12(2)24-11)13-6-8-23-9-7-13)14(27)10-28-16-5-3-4-15(26-16)19(20,21)22/h3-5,13,23H,6-10H2,1-2H3. The van der Waals surface area contributed by atoms with Crippen molar-refractivity contribution >= 4 is 5.78 Å². The highest BCUT2D eigenvalue weighted by Crippen LogP contribution is 2.30. The number of carbonyl (C=O) groups excluding carboxylic acids is 1. The van der Waals surface area contributed by atoms with E-state index in [-0.39, 0.29) is 17.6 Å². The molecule has 2 aromatic heterocycles. The van der Waals surface area contributed by atoms with Crippen LogP contribution in [0.4, 0.5) is 13.2 Å². The maximum Gasteiger partial charge on any atom is 0.433 e. The van der Waals surface area contributed by atoms with Gasteiger partial charge in [-0.25, -0.2) is 15.0 Å². The molecular formula is C19H21F3N4O2. The normalized spacial score (nSPS) is 15.5. The molecule has 150 valence electrons. The lowest BCUT2D eigenvalue weighted by Crippen LogP contribution is -2.29. The predicted octanol–water partition coefficient (Wildman–Crippen LogP) is 3.24. The highest BCUT2D eigenvalue weighted by Gasteiger charge is 2.33. The van der Waals surface area contributed by atoms with Crippen LogP contribution in [0.25, 0.3) is 0 Å². The van der Waals surface area contributed by atoms with E-state index in [1.165, 1.54) is 12.1 Å². The Morgan fingerprint density at radius 2 is 1.89 bits per heavy atom. The molecule has 0 aliphatic carbocycles. The van der Waals surface area contributed by atoms with E-state index >= 15 is 0 Å². The number of carbonyl (C=O) groups is 1. The summed E-state index contributed by atoms with van der Waals surface area (Å²) in [4.78, 5) is 25.0. The maximum atomic E-state index is 12.8. The summed E-state index contributed by atoms with van der Waals surface area (Å²) in [6.07, 6.45) is -2.87. The first kappa shape index (κ1) is 20.2. The van der Waals surface area contributed by atoms with Gasteiger partial charge in [-0.15, -0.1) is 0 Å². The number of ketones is 1. The molecule has 1 N–H and O–H groups in total. The first-order valence-electron chi connectivity index (χ1n) is 9.02. The van der Waals surface area contributed by atoms with E-state index in [1.54, 1.807) is 13.8 Å². The van der Waals surface area contributed by atoms with E-state index < -0.39 is 18.5 Å². The van der Waals surface area contributed by atoms with E-state index in [9.17, 15) is 18.0 Å². The third-order valence-electron chi connectivity index (χ3n) is 4.60. The Hall–Kier alpha value is -2.55. The summed E-state index contributed by atoms with van der Waals surface area (Å²) in [5.74, 6) is 0.0952. The number of nitrogens with zero attached hydrogens (tertiary/aromatic N) is 3. The van der Waals surface area contributed by atoms with Crippen molar-refractivity contribution in [2.75, 3.05) is 19.7 Å². The highest BCUT2D eigenvalue weighted by atomic mass is 19.4. The molecule has 1 saturated heterocycles. The second-order valence-electron chi connectivity index (χ2n) is 6.71. The van der Waals surface area contributed by atoms with Gasteiger partial charge in [0.2, 0.25) is 11.7 Å². The molecule has 0 bridgehead atoms. The van der Waals surface area contributed by atoms with Gasteiger partial charge < -0.3 is 10.1 Å². The van der Waals surface area contributed by atoms with Crippen LogP contribution in [0.1, 0.15) is 52.0 Å². The van der Waals surface area contributed by atoms with Gasteiger partial charge >= 0.3 is 6.18 Å². The zero-order valence-corrected chi connectivity index (χ0v) is 15.6. The first-order chi connectivity index (χ1) is 13.3. The molecule has 9 heteroatoms. The van der Waals surface area contributed by atoms with Gasteiger partial charge in [0.15, 0.2) is 6.61 Å². The molecule has 0 amide bonds. The van der Waals surface area contributed by atoms with Crippen molar-refractivity contribution in [3.8, 4) is 5.88 Å². The van der Waals surface area contributed by atoms with Crippen LogP contribution in [0.15, 0.2) is 18.2 Å². The number of hydrogen-bond donors (Lipinski definition) is 1. The fraction of sp³-hybridized carbons (Fsp3) is 0.474. The minimum absolute atomic E-state index is 0.132. The lowest BCUT2D eigenvalue weighted by Gasteiger charge is -2.24. The van der Waals surface area contributed by atoms with Gasteiger partial charge in [-0.3, -0.25) is 4.79 Å². The number of piperidine rings is 1. The van der Waals surface area contributed by atoms with Gasteiger partial charge in [0.25, 0.3) is 0 Å². The van der Waals surface area contributed by atoms with Gasteiger partial charge in [0, 0.05) is 12.0 Å². The van der Waals surface area contributed by atoms with Crippen LogP contribution in [0.2, 0.25) is 0 Å². The zero-order chi connectivity index (χ0) is 20.3. The van der Waals surface area contributed by atoms with E-state index in [1.807, 2.05) is 0 Å². The van der Waals surface area contributed by atoms with E-state index in [0.29, 0.717) is 22.8 Å². The molecule has 3 rings (SSSR count). The number of aryl methyl sites for hydroxylation is 2. The third kappa shape index (κ3) is 4.64. The Morgan fingerprint density at radius 1 is 1.18 bits per heavy atom. The van der Waals surface area contributed by atoms with Crippen molar-refractivity contribution in [1.82, 2.24) is 20.3 Å². The largest absolute Gasteiger partial charge is 0.469 e. The summed E-state index contributed by atoms with van der Waals surface area (Å²) < 4.78 is 43.6. The molecule has 1 fully saturated rings. The second kappa shape index (κ2) is 8.22. The number of Topliss-reactive ketones (excluding diaryl/α,β-unsaturated/α-hetero) is 1. The number of rotatable bonds is 5. The van der Waals surface area contributed by atoms with Crippen LogP contribution in [0, 0.1) is 13.8 Å². The molecule has 0 radical (unpaired) electrons. The Morgan fingerprint density at radius 3 is 2.57 bits per heavy atom. The smallest absolute Gasteiger partial charge is 0.433 e. The van der Waals surface area contributed by atoms with Gasteiger partial charge in [-0.2, -0.15) is 13.2 Å². The van der Waals surface area contributed by atoms with Gasteiger partial charge in [-0.05, 0) is 45.8 Å². The van der Waals surface area contributed by atoms with Gasteiger partial charge in [0.1, 0.15) is 11.5 Å². The topological polar surface area (TPSA) is 77.0 Å². The average molecular weight is 394 g/mol. The van der Waals surface area contributed by atoms with Crippen LogP contribution in [-0.4, -0.2) is 40.4 Å². The molecule has 3 heterocycles. The SMILES string of the molecule is Cc1nc(C)c(C(=O)COc2cccc(C(F)(F)F)n2)c(C2CCNCC2)n1. The van der Waals surface area contributed by atoms with Crippen molar-refractivity contribution in [3.63, 3.8) is 0 Å². The molecule has 28 heavy (non-hydrogen) atoms. The van der Waals surface area contributed by atoms with Crippen molar-refractivity contribution in [1.29, 1.82) is 0 Å². The second-order valence-corrected chi connectivity index (χ2v) is 6.71. The quantitative estimate of drug-likeness (QED) is 0.785. The van der Waals surface area contributed by atoms with Crippen LogP contribution < -0.4 is 10.1 Å². The van der Waals surface area contributed by atoms with Crippen LogP contribution in [0.3, 0.4) is 0 Å². The minimum Gasteiger partial charge on any atom is -0.469 e. The van der Waals surface area contributed by atoms with E-state index in [2.05, 4.69) is 20.3 Å². The molecule has 1 aliphatic heterocycles. The number of halogens is 3. The summed E-state index contributed by atoms with van der Waals surface area (Å²) in [6, 6.07) is 3.33. The molecule has 0 unspecified atom stereocenters. The molecule has 0 aromatic carbocycles. The summed E-state index contributed by atoms with van der Waals surface area (Å²) in [6.45, 7) is 4.75. The maximum absolute atomic E-state index is 12.8. The fourth-order valence-corrected chi connectivity index (χ4v) is 3.34. The lowest BCUT2D eigenvalue weighted by atomic mass is 9.89. The first-order valence-corrected chi connectivity index (χ1v) is 9.02. The summed E-state index contributed by atoms with van der Waals surface area (Å²) in [7, 11) is 0. The molecular weight excluding hydrogens is 373 g/mol. The van der Waals surface area contributed by atoms with Crippen molar-refractivity contribution < 1.29 is 22.7 Å². The molecule has 6 nitrogen and oxygen atoms in total. The molecule has 0 spiro atoms. The Balaban J connectivity index is 1.81. The summed E-state index contributed by atoms with van der Waals surface area (Å²) in [5, 5.41) is 3.27. The Bertz CT molecular complexity index is 865. The summed E-state index contributed by atoms with van der Waals surface area (Å²) in [5.41, 5.74) is 0.566. The number of ether oxygens (including phenoxy) is 1.